The van der Waals surface area contributed by atoms with Crippen LogP contribution < -0.4 is 0 Å². The van der Waals surface area contributed by atoms with Gasteiger partial charge in [-0.1, -0.05) is 0 Å². The molecule has 0 bridgehead atoms. The van der Waals surface area contributed by atoms with Crippen molar-refractivity contribution in [2.24, 2.45) is 0 Å². The Balaban J connectivity index is 1.92. The Labute approximate surface area is 77.2 Å². The fourth-order valence-corrected chi connectivity index (χ4v) is 1.57. The summed E-state index contributed by atoms with van der Waals surface area (Å²) < 4.78 is 0. The van der Waals surface area contributed by atoms with Crippen molar-refractivity contribution in [3.05, 3.63) is 24.3 Å². The number of nitrogens with zero attached hydrogens (tertiary/aromatic N) is 3. The second kappa shape index (κ2) is 3.81. The Bertz CT molecular complexity index is 265. The first-order valence-electron chi connectivity index (χ1n) is 4.51. The second-order valence-corrected chi connectivity index (χ2v) is 3.34. The van der Waals surface area contributed by atoms with Crippen LogP contribution in [0.15, 0.2) is 18.5 Å². The molecule has 70 valence electrons. The van der Waals surface area contributed by atoms with E-state index in [1.807, 2.05) is 6.07 Å². The lowest BCUT2D eigenvalue weighted by molar-refractivity contribution is 0.174. The van der Waals surface area contributed by atoms with Crippen LogP contribution in [-0.4, -0.2) is 39.2 Å². The summed E-state index contributed by atoms with van der Waals surface area (Å²) in [6.07, 6.45) is 4.19. The fraction of sp³-hybridized carbons (Fsp3) is 0.556. The van der Waals surface area contributed by atoms with E-state index in [1.165, 1.54) is 0 Å². The molecule has 0 radical (unpaired) electrons. The largest absolute Gasteiger partial charge is 0.392 e. The Morgan fingerprint density at radius 1 is 1.46 bits per heavy atom. The van der Waals surface area contributed by atoms with E-state index in [4.69, 9.17) is 0 Å². The average Bonchev–Trinajstić information content (AvgIpc) is 2.53. The molecule has 0 spiro atoms. The van der Waals surface area contributed by atoms with Crippen LogP contribution in [0.25, 0.3) is 0 Å². The molecule has 4 heteroatoms. The van der Waals surface area contributed by atoms with Gasteiger partial charge in [-0.15, -0.1) is 0 Å². The molecule has 2 heterocycles. The summed E-state index contributed by atoms with van der Waals surface area (Å²) in [5, 5.41) is 9.30. The van der Waals surface area contributed by atoms with Crippen LogP contribution in [-0.2, 0) is 6.54 Å². The van der Waals surface area contributed by atoms with Crippen molar-refractivity contribution in [3.63, 3.8) is 0 Å². The van der Waals surface area contributed by atoms with E-state index in [0.717, 1.165) is 31.9 Å². The van der Waals surface area contributed by atoms with Crippen LogP contribution in [0.3, 0.4) is 0 Å². The van der Waals surface area contributed by atoms with Crippen LogP contribution in [0.5, 0.6) is 0 Å². The monoisotopic (exact) mass is 179 g/mol. The molecule has 1 aliphatic rings. The molecule has 1 saturated heterocycles. The SMILES string of the molecule is O[C@H]1CCN(Cc2ncccn2)C1. The summed E-state index contributed by atoms with van der Waals surface area (Å²) in [6.45, 7) is 2.44. The van der Waals surface area contributed by atoms with E-state index in [2.05, 4.69) is 14.9 Å². The van der Waals surface area contributed by atoms with Crippen LogP contribution in [0.2, 0.25) is 0 Å². The van der Waals surface area contributed by atoms with E-state index in [-0.39, 0.29) is 6.10 Å². The third-order valence-corrected chi connectivity index (χ3v) is 2.23. The lowest BCUT2D eigenvalue weighted by Gasteiger charge is -2.12. The van der Waals surface area contributed by atoms with Gasteiger partial charge in [0.1, 0.15) is 5.82 Å². The maximum absolute atomic E-state index is 9.30. The quantitative estimate of drug-likeness (QED) is 0.696. The molecule has 0 amide bonds. The topological polar surface area (TPSA) is 49.2 Å². The highest BCUT2D eigenvalue weighted by molar-refractivity contribution is 4.89. The van der Waals surface area contributed by atoms with Crippen molar-refractivity contribution < 1.29 is 5.11 Å². The van der Waals surface area contributed by atoms with Gasteiger partial charge in [0.2, 0.25) is 0 Å². The molecule has 4 nitrogen and oxygen atoms in total. The van der Waals surface area contributed by atoms with Gasteiger partial charge >= 0.3 is 0 Å². The van der Waals surface area contributed by atoms with Gasteiger partial charge < -0.3 is 5.11 Å². The van der Waals surface area contributed by atoms with E-state index in [0.29, 0.717) is 0 Å². The molecule has 13 heavy (non-hydrogen) atoms. The molecule has 1 aromatic rings. The van der Waals surface area contributed by atoms with E-state index >= 15 is 0 Å². The molecule has 0 aromatic carbocycles. The molecule has 1 aliphatic heterocycles. The van der Waals surface area contributed by atoms with Crippen LogP contribution >= 0.6 is 0 Å². The van der Waals surface area contributed by atoms with Gasteiger partial charge in [0, 0.05) is 25.5 Å². The summed E-state index contributed by atoms with van der Waals surface area (Å²) >= 11 is 0. The van der Waals surface area contributed by atoms with Gasteiger partial charge in [-0.3, -0.25) is 4.90 Å². The minimum absolute atomic E-state index is 0.163. The lowest BCUT2D eigenvalue weighted by Crippen LogP contribution is -2.22. The summed E-state index contributed by atoms with van der Waals surface area (Å²) in [7, 11) is 0. The maximum atomic E-state index is 9.30. The summed E-state index contributed by atoms with van der Waals surface area (Å²) in [5.41, 5.74) is 0. The van der Waals surface area contributed by atoms with Crippen molar-refractivity contribution in [1.82, 2.24) is 14.9 Å². The fourth-order valence-electron chi connectivity index (χ4n) is 1.57. The smallest absolute Gasteiger partial charge is 0.142 e. The van der Waals surface area contributed by atoms with Crippen molar-refractivity contribution in [3.8, 4) is 0 Å². The van der Waals surface area contributed by atoms with Crippen LogP contribution in [0.4, 0.5) is 0 Å². The molecule has 0 unspecified atom stereocenters. The third kappa shape index (κ3) is 2.23. The Hall–Kier alpha value is -1.00. The van der Waals surface area contributed by atoms with Crippen LogP contribution in [0, 0.1) is 0 Å². The molecule has 0 aliphatic carbocycles. The Morgan fingerprint density at radius 2 is 2.23 bits per heavy atom. The number of likely N-dealkylation sites (tertiary alicyclic amines) is 1. The lowest BCUT2D eigenvalue weighted by atomic mass is 10.3. The summed E-state index contributed by atoms with van der Waals surface area (Å²) in [4.78, 5) is 10.4. The number of β-amino-alcohol motifs (C(OH)–C–C–N with tert-alkyl or cyclic N) is 1. The van der Waals surface area contributed by atoms with Crippen molar-refractivity contribution in [1.29, 1.82) is 0 Å². The van der Waals surface area contributed by atoms with Crippen molar-refractivity contribution in [2.75, 3.05) is 13.1 Å². The van der Waals surface area contributed by atoms with Gasteiger partial charge in [-0.25, -0.2) is 9.97 Å². The van der Waals surface area contributed by atoms with Gasteiger partial charge in [0.05, 0.1) is 12.6 Å². The van der Waals surface area contributed by atoms with Crippen molar-refractivity contribution >= 4 is 0 Å². The number of hydrogen-bond donors (Lipinski definition) is 1. The molecule has 1 N–H and O–H groups in total. The molecule has 1 aromatic heterocycles. The number of aliphatic hydroxyl groups excluding tert-OH is 1. The zero-order valence-electron chi connectivity index (χ0n) is 7.43. The number of aliphatic hydroxyl groups is 1. The molecule has 0 saturated carbocycles. The molecule has 1 fully saturated rings. The zero-order valence-corrected chi connectivity index (χ0v) is 7.43. The normalized spacial score (nSPS) is 23.6. The predicted molar refractivity (Wildman–Crippen MR) is 47.9 cm³/mol. The third-order valence-electron chi connectivity index (χ3n) is 2.23. The minimum Gasteiger partial charge on any atom is -0.392 e. The number of aromatic nitrogens is 2. The maximum Gasteiger partial charge on any atom is 0.142 e. The van der Waals surface area contributed by atoms with Gasteiger partial charge in [0.15, 0.2) is 0 Å². The molecular weight excluding hydrogens is 166 g/mol. The Morgan fingerprint density at radius 3 is 2.85 bits per heavy atom. The highest BCUT2D eigenvalue weighted by Gasteiger charge is 2.20. The number of rotatable bonds is 2. The van der Waals surface area contributed by atoms with E-state index in [9.17, 15) is 5.11 Å². The first kappa shape index (κ1) is 8.59. The minimum atomic E-state index is -0.163. The van der Waals surface area contributed by atoms with Crippen molar-refractivity contribution in [2.45, 2.75) is 19.1 Å². The van der Waals surface area contributed by atoms with E-state index < -0.39 is 0 Å². The zero-order chi connectivity index (χ0) is 9.10. The van der Waals surface area contributed by atoms with Gasteiger partial charge in [0.25, 0.3) is 0 Å². The standard InChI is InChI=1S/C9H13N3O/c13-8-2-5-12(6-8)7-9-10-3-1-4-11-9/h1,3-4,8,13H,2,5-7H2/t8-/m0/s1. The van der Waals surface area contributed by atoms with Crippen LogP contribution in [0.1, 0.15) is 12.2 Å². The predicted octanol–water partition coefficient (Wildman–Crippen LogP) is 0.0432. The highest BCUT2D eigenvalue weighted by atomic mass is 16.3. The molecular formula is C9H13N3O. The Kier molecular flexibility index (Phi) is 2.52. The van der Waals surface area contributed by atoms with Gasteiger partial charge in [-0.2, -0.15) is 0 Å². The summed E-state index contributed by atoms with van der Waals surface area (Å²) in [5.74, 6) is 0.830. The first-order chi connectivity index (χ1) is 6.34. The summed E-state index contributed by atoms with van der Waals surface area (Å²) in [6, 6.07) is 1.81. The highest BCUT2D eigenvalue weighted by Crippen LogP contribution is 2.10. The first-order valence-corrected chi connectivity index (χ1v) is 4.51. The molecule has 1 atom stereocenters. The second-order valence-electron chi connectivity index (χ2n) is 3.34. The number of hydrogen-bond acceptors (Lipinski definition) is 4. The van der Waals surface area contributed by atoms with E-state index in [1.54, 1.807) is 12.4 Å². The average molecular weight is 179 g/mol. The molecule has 2 rings (SSSR count). The van der Waals surface area contributed by atoms with Gasteiger partial charge in [-0.05, 0) is 12.5 Å².